The SMILES string of the molecule is COc1cncc(C(O)c2cccc3ccccc23)c1. The third kappa shape index (κ3) is 2.24. The van der Waals surface area contributed by atoms with Crippen molar-refractivity contribution in [2.45, 2.75) is 6.10 Å². The molecule has 0 saturated carbocycles. The van der Waals surface area contributed by atoms with Crippen molar-refractivity contribution in [3.05, 3.63) is 72.1 Å². The molecule has 1 heterocycles. The predicted molar refractivity (Wildman–Crippen MR) is 78.8 cm³/mol. The van der Waals surface area contributed by atoms with Crippen molar-refractivity contribution in [2.75, 3.05) is 7.11 Å². The van der Waals surface area contributed by atoms with Crippen LogP contribution in [0.5, 0.6) is 5.75 Å². The van der Waals surface area contributed by atoms with E-state index in [9.17, 15) is 5.11 Å². The summed E-state index contributed by atoms with van der Waals surface area (Å²) < 4.78 is 5.15. The van der Waals surface area contributed by atoms with Crippen molar-refractivity contribution in [2.24, 2.45) is 0 Å². The lowest BCUT2D eigenvalue weighted by atomic mass is 9.97. The molecule has 1 atom stereocenters. The Kier molecular flexibility index (Phi) is 3.35. The number of benzene rings is 2. The number of rotatable bonds is 3. The Morgan fingerprint density at radius 3 is 2.70 bits per heavy atom. The Balaban J connectivity index is 2.10. The third-order valence-electron chi connectivity index (χ3n) is 3.40. The van der Waals surface area contributed by atoms with E-state index in [0.717, 1.165) is 21.9 Å². The Hall–Kier alpha value is -2.39. The van der Waals surface area contributed by atoms with Gasteiger partial charge in [-0.3, -0.25) is 4.98 Å². The number of aliphatic hydroxyl groups excluding tert-OH is 1. The van der Waals surface area contributed by atoms with Crippen LogP contribution in [0.4, 0.5) is 0 Å². The summed E-state index contributed by atoms with van der Waals surface area (Å²) in [6, 6.07) is 15.8. The van der Waals surface area contributed by atoms with Gasteiger partial charge in [-0.25, -0.2) is 0 Å². The monoisotopic (exact) mass is 265 g/mol. The highest BCUT2D eigenvalue weighted by molar-refractivity contribution is 5.86. The smallest absolute Gasteiger partial charge is 0.137 e. The first-order valence-electron chi connectivity index (χ1n) is 6.44. The highest BCUT2D eigenvalue weighted by Crippen LogP contribution is 2.29. The average molecular weight is 265 g/mol. The summed E-state index contributed by atoms with van der Waals surface area (Å²) in [7, 11) is 1.59. The van der Waals surface area contributed by atoms with E-state index in [2.05, 4.69) is 4.98 Å². The van der Waals surface area contributed by atoms with E-state index in [1.54, 1.807) is 25.6 Å². The van der Waals surface area contributed by atoms with E-state index >= 15 is 0 Å². The number of hydrogen-bond acceptors (Lipinski definition) is 3. The zero-order valence-corrected chi connectivity index (χ0v) is 11.2. The van der Waals surface area contributed by atoms with Gasteiger partial charge in [0.25, 0.3) is 0 Å². The van der Waals surface area contributed by atoms with Gasteiger partial charge in [0.15, 0.2) is 0 Å². The fourth-order valence-corrected chi connectivity index (χ4v) is 2.37. The molecule has 3 rings (SSSR count). The van der Waals surface area contributed by atoms with E-state index in [1.165, 1.54) is 0 Å². The fourth-order valence-electron chi connectivity index (χ4n) is 2.37. The molecular formula is C17H15NO2. The molecule has 0 bridgehead atoms. The van der Waals surface area contributed by atoms with Crippen molar-refractivity contribution in [1.29, 1.82) is 0 Å². The number of aromatic nitrogens is 1. The maximum Gasteiger partial charge on any atom is 0.137 e. The van der Waals surface area contributed by atoms with Gasteiger partial charge in [0, 0.05) is 11.8 Å². The van der Waals surface area contributed by atoms with Crippen molar-refractivity contribution >= 4 is 10.8 Å². The number of hydrogen-bond donors (Lipinski definition) is 1. The summed E-state index contributed by atoms with van der Waals surface area (Å²) in [5.74, 6) is 0.641. The first kappa shape index (κ1) is 12.6. The number of fused-ring (bicyclic) bond motifs is 1. The molecule has 0 amide bonds. The number of methoxy groups -OCH3 is 1. The minimum atomic E-state index is -0.719. The first-order valence-corrected chi connectivity index (χ1v) is 6.44. The molecule has 0 spiro atoms. The zero-order chi connectivity index (χ0) is 13.9. The average Bonchev–Trinajstić information content (AvgIpc) is 2.53. The van der Waals surface area contributed by atoms with Crippen LogP contribution >= 0.6 is 0 Å². The quantitative estimate of drug-likeness (QED) is 0.790. The molecule has 100 valence electrons. The van der Waals surface area contributed by atoms with Gasteiger partial charge in [-0.2, -0.15) is 0 Å². The lowest BCUT2D eigenvalue weighted by molar-refractivity contribution is 0.221. The van der Waals surface area contributed by atoms with Crippen LogP contribution in [0.25, 0.3) is 10.8 Å². The molecular weight excluding hydrogens is 250 g/mol. The Morgan fingerprint density at radius 1 is 1.05 bits per heavy atom. The summed E-state index contributed by atoms with van der Waals surface area (Å²) in [6.07, 6.45) is 2.57. The van der Waals surface area contributed by atoms with Gasteiger partial charge < -0.3 is 9.84 Å². The number of nitrogens with zero attached hydrogens (tertiary/aromatic N) is 1. The normalized spacial score (nSPS) is 12.3. The second-order valence-electron chi connectivity index (χ2n) is 4.63. The molecule has 0 radical (unpaired) electrons. The van der Waals surface area contributed by atoms with Crippen LogP contribution in [0, 0.1) is 0 Å². The van der Waals surface area contributed by atoms with Gasteiger partial charge in [0.05, 0.1) is 13.3 Å². The largest absolute Gasteiger partial charge is 0.495 e. The molecule has 1 aromatic heterocycles. The molecule has 0 fully saturated rings. The molecule has 20 heavy (non-hydrogen) atoms. The molecule has 0 aliphatic heterocycles. The van der Waals surface area contributed by atoms with Crippen LogP contribution in [0.2, 0.25) is 0 Å². The topological polar surface area (TPSA) is 42.4 Å². The second-order valence-corrected chi connectivity index (χ2v) is 4.63. The molecule has 3 heteroatoms. The van der Waals surface area contributed by atoms with Crippen molar-refractivity contribution in [3.8, 4) is 5.75 Å². The maximum atomic E-state index is 10.6. The van der Waals surface area contributed by atoms with E-state index in [-0.39, 0.29) is 0 Å². The molecule has 3 aromatic rings. The van der Waals surface area contributed by atoms with Gasteiger partial charge >= 0.3 is 0 Å². The second kappa shape index (κ2) is 5.31. The third-order valence-corrected chi connectivity index (χ3v) is 3.40. The molecule has 0 saturated heterocycles. The zero-order valence-electron chi connectivity index (χ0n) is 11.2. The predicted octanol–water partition coefficient (Wildman–Crippen LogP) is 3.33. The van der Waals surface area contributed by atoms with Crippen LogP contribution in [0.3, 0.4) is 0 Å². The summed E-state index contributed by atoms with van der Waals surface area (Å²) in [5, 5.41) is 12.8. The Morgan fingerprint density at radius 2 is 1.85 bits per heavy atom. The van der Waals surface area contributed by atoms with Crippen LogP contribution in [-0.2, 0) is 0 Å². The van der Waals surface area contributed by atoms with E-state index in [1.807, 2.05) is 42.5 Å². The maximum absolute atomic E-state index is 10.6. The van der Waals surface area contributed by atoms with Crippen LogP contribution < -0.4 is 4.74 Å². The fraction of sp³-hybridized carbons (Fsp3) is 0.118. The van der Waals surface area contributed by atoms with Gasteiger partial charge in [-0.15, -0.1) is 0 Å². The van der Waals surface area contributed by atoms with Gasteiger partial charge in [0.2, 0.25) is 0 Å². The molecule has 1 unspecified atom stereocenters. The highest BCUT2D eigenvalue weighted by Gasteiger charge is 2.14. The lowest BCUT2D eigenvalue weighted by Gasteiger charge is -2.14. The lowest BCUT2D eigenvalue weighted by Crippen LogP contribution is -2.01. The van der Waals surface area contributed by atoms with E-state index in [0.29, 0.717) is 5.75 Å². The molecule has 2 aromatic carbocycles. The number of aliphatic hydroxyl groups is 1. The van der Waals surface area contributed by atoms with Crippen LogP contribution in [0.1, 0.15) is 17.2 Å². The van der Waals surface area contributed by atoms with Crippen molar-refractivity contribution in [3.63, 3.8) is 0 Å². The van der Waals surface area contributed by atoms with Gasteiger partial charge in [-0.1, -0.05) is 42.5 Å². The summed E-state index contributed by atoms with van der Waals surface area (Å²) >= 11 is 0. The van der Waals surface area contributed by atoms with Gasteiger partial charge in [-0.05, 0) is 22.4 Å². The molecule has 0 aliphatic carbocycles. The van der Waals surface area contributed by atoms with Crippen molar-refractivity contribution in [1.82, 2.24) is 4.98 Å². The van der Waals surface area contributed by atoms with Crippen molar-refractivity contribution < 1.29 is 9.84 Å². The van der Waals surface area contributed by atoms with Crippen LogP contribution in [-0.4, -0.2) is 17.2 Å². The van der Waals surface area contributed by atoms with Gasteiger partial charge in [0.1, 0.15) is 11.9 Å². The van der Waals surface area contributed by atoms with E-state index < -0.39 is 6.10 Å². The Labute approximate surface area is 117 Å². The highest BCUT2D eigenvalue weighted by atomic mass is 16.5. The molecule has 1 N–H and O–H groups in total. The van der Waals surface area contributed by atoms with Crippen LogP contribution in [0.15, 0.2) is 60.9 Å². The summed E-state index contributed by atoms with van der Waals surface area (Å²) in [6.45, 7) is 0. The Bertz CT molecular complexity index is 734. The minimum Gasteiger partial charge on any atom is -0.495 e. The molecule has 0 aliphatic rings. The minimum absolute atomic E-state index is 0.641. The summed E-state index contributed by atoms with van der Waals surface area (Å²) in [4.78, 5) is 4.10. The number of pyridine rings is 1. The molecule has 3 nitrogen and oxygen atoms in total. The standard InChI is InChI=1S/C17H15NO2/c1-20-14-9-13(10-18-11-14)17(19)16-8-4-6-12-5-2-3-7-15(12)16/h2-11,17,19H,1H3. The number of ether oxygens (including phenoxy) is 1. The first-order chi connectivity index (χ1) is 9.79. The van der Waals surface area contributed by atoms with E-state index in [4.69, 9.17) is 4.74 Å². The summed E-state index contributed by atoms with van der Waals surface area (Å²) in [5.41, 5.74) is 1.60.